The lowest BCUT2D eigenvalue weighted by Gasteiger charge is -2.21. The fraction of sp³-hybridized carbons (Fsp3) is 0.350. The third-order valence-electron chi connectivity index (χ3n) is 4.41. The molecule has 0 aromatic heterocycles. The van der Waals surface area contributed by atoms with Crippen molar-refractivity contribution in [2.75, 3.05) is 11.9 Å². The van der Waals surface area contributed by atoms with Crippen molar-refractivity contribution in [2.24, 2.45) is 5.92 Å². The second-order valence-corrected chi connectivity index (χ2v) is 6.17. The normalized spacial score (nSPS) is 15.1. The maximum absolute atomic E-state index is 11.9. The Morgan fingerprint density at radius 3 is 2.26 bits per heavy atom. The van der Waals surface area contributed by atoms with E-state index in [9.17, 15) is 4.79 Å². The van der Waals surface area contributed by atoms with Crippen molar-refractivity contribution in [2.45, 2.75) is 32.1 Å². The number of carbonyl (C=O) groups excluding carboxylic acids is 1. The third kappa shape index (κ3) is 4.59. The van der Waals surface area contributed by atoms with Gasteiger partial charge in [0.1, 0.15) is 0 Å². The summed E-state index contributed by atoms with van der Waals surface area (Å²) in [5, 5.41) is 2.80. The van der Waals surface area contributed by atoms with Gasteiger partial charge in [-0.2, -0.15) is 0 Å². The second kappa shape index (κ2) is 7.82. The molecule has 2 aromatic rings. The Labute approximate surface area is 137 Å². The Kier molecular flexibility index (Phi) is 5.30. The van der Waals surface area contributed by atoms with Crippen LogP contribution in [0.1, 0.15) is 32.1 Å². The van der Waals surface area contributed by atoms with E-state index in [-0.39, 0.29) is 6.09 Å². The molecule has 1 amide bonds. The van der Waals surface area contributed by atoms with Crippen LogP contribution in [-0.2, 0) is 4.74 Å². The summed E-state index contributed by atoms with van der Waals surface area (Å²) in [4.78, 5) is 11.9. The average Bonchev–Trinajstić information content (AvgIpc) is 2.62. The maximum Gasteiger partial charge on any atom is 0.411 e. The van der Waals surface area contributed by atoms with Crippen LogP contribution in [0.3, 0.4) is 0 Å². The maximum atomic E-state index is 11.9. The standard InChI is InChI=1S/C20H23NO2/c22-20(23-15-16-7-3-1-4-8-16)21-19-13-11-18(12-14-19)17-9-5-2-6-10-17/h2,5-6,9-14,16H,1,3-4,7-8,15H2,(H,21,22). The number of benzene rings is 2. The van der Waals surface area contributed by atoms with Crippen molar-refractivity contribution in [3.8, 4) is 11.1 Å². The van der Waals surface area contributed by atoms with Crippen LogP contribution in [0.5, 0.6) is 0 Å². The van der Waals surface area contributed by atoms with Crippen molar-refractivity contribution in [3.63, 3.8) is 0 Å². The SMILES string of the molecule is O=C(Nc1ccc(-c2ccccc2)cc1)OCC1CCCCC1. The molecule has 1 fully saturated rings. The molecule has 1 aliphatic rings. The molecular weight excluding hydrogens is 286 g/mol. The summed E-state index contributed by atoms with van der Waals surface area (Å²) in [5.74, 6) is 0.537. The van der Waals surface area contributed by atoms with E-state index in [2.05, 4.69) is 17.4 Å². The van der Waals surface area contributed by atoms with Crippen LogP contribution >= 0.6 is 0 Å². The summed E-state index contributed by atoms with van der Waals surface area (Å²) in [6.07, 6.45) is 5.84. The van der Waals surface area contributed by atoms with E-state index in [1.165, 1.54) is 37.7 Å². The lowest BCUT2D eigenvalue weighted by molar-refractivity contribution is 0.128. The minimum absolute atomic E-state index is 0.358. The zero-order valence-corrected chi connectivity index (χ0v) is 13.3. The Balaban J connectivity index is 1.50. The fourth-order valence-corrected chi connectivity index (χ4v) is 3.08. The summed E-state index contributed by atoms with van der Waals surface area (Å²) < 4.78 is 5.35. The highest BCUT2D eigenvalue weighted by Gasteiger charge is 2.15. The summed E-state index contributed by atoms with van der Waals surface area (Å²) in [7, 11) is 0. The first-order valence-electron chi connectivity index (χ1n) is 8.40. The van der Waals surface area contributed by atoms with Crippen LogP contribution in [0.15, 0.2) is 54.6 Å². The molecule has 2 aromatic carbocycles. The van der Waals surface area contributed by atoms with E-state index < -0.39 is 0 Å². The van der Waals surface area contributed by atoms with Gasteiger partial charge in [0.25, 0.3) is 0 Å². The van der Waals surface area contributed by atoms with Gasteiger partial charge in [0.2, 0.25) is 0 Å². The van der Waals surface area contributed by atoms with Crippen LogP contribution in [0.2, 0.25) is 0 Å². The van der Waals surface area contributed by atoms with Gasteiger partial charge in [-0.3, -0.25) is 5.32 Å². The highest BCUT2D eigenvalue weighted by Crippen LogP contribution is 2.24. The Morgan fingerprint density at radius 2 is 1.57 bits per heavy atom. The molecule has 0 saturated heterocycles. The number of ether oxygens (including phenoxy) is 1. The molecule has 1 saturated carbocycles. The highest BCUT2D eigenvalue weighted by molar-refractivity contribution is 5.85. The molecule has 3 nitrogen and oxygen atoms in total. The largest absolute Gasteiger partial charge is 0.449 e. The number of nitrogens with one attached hydrogen (secondary N) is 1. The van der Waals surface area contributed by atoms with Gasteiger partial charge < -0.3 is 4.74 Å². The van der Waals surface area contributed by atoms with E-state index in [1.54, 1.807) is 0 Å². The zero-order valence-electron chi connectivity index (χ0n) is 13.3. The van der Waals surface area contributed by atoms with Gasteiger partial charge >= 0.3 is 6.09 Å². The topological polar surface area (TPSA) is 38.3 Å². The Hall–Kier alpha value is -2.29. The van der Waals surface area contributed by atoms with Crippen molar-refractivity contribution >= 4 is 11.8 Å². The van der Waals surface area contributed by atoms with Gasteiger partial charge in [0, 0.05) is 5.69 Å². The van der Waals surface area contributed by atoms with E-state index >= 15 is 0 Å². The lowest BCUT2D eigenvalue weighted by atomic mass is 9.90. The molecule has 0 heterocycles. The highest BCUT2D eigenvalue weighted by atomic mass is 16.5. The van der Waals surface area contributed by atoms with Crippen molar-refractivity contribution in [1.29, 1.82) is 0 Å². The monoisotopic (exact) mass is 309 g/mol. The molecule has 0 spiro atoms. The number of amides is 1. The Bertz CT molecular complexity index is 616. The predicted octanol–water partition coefficient (Wildman–Crippen LogP) is 5.48. The predicted molar refractivity (Wildman–Crippen MR) is 93.4 cm³/mol. The summed E-state index contributed by atoms with van der Waals surface area (Å²) in [6.45, 7) is 0.536. The zero-order chi connectivity index (χ0) is 15.9. The van der Waals surface area contributed by atoms with Crippen LogP contribution in [0.4, 0.5) is 10.5 Å². The molecule has 1 N–H and O–H groups in total. The first-order chi connectivity index (χ1) is 11.3. The molecule has 23 heavy (non-hydrogen) atoms. The van der Waals surface area contributed by atoms with Crippen molar-refractivity contribution in [3.05, 3.63) is 54.6 Å². The molecule has 1 aliphatic carbocycles. The number of hydrogen-bond donors (Lipinski definition) is 1. The van der Waals surface area contributed by atoms with Crippen LogP contribution in [-0.4, -0.2) is 12.7 Å². The smallest absolute Gasteiger partial charge is 0.411 e. The van der Waals surface area contributed by atoms with Crippen LogP contribution in [0, 0.1) is 5.92 Å². The minimum atomic E-state index is -0.358. The number of anilines is 1. The average molecular weight is 309 g/mol. The molecule has 3 rings (SSSR count). The van der Waals surface area contributed by atoms with E-state index in [1.807, 2.05) is 42.5 Å². The molecule has 0 bridgehead atoms. The molecule has 0 atom stereocenters. The minimum Gasteiger partial charge on any atom is -0.449 e. The van der Waals surface area contributed by atoms with Gasteiger partial charge in [-0.1, -0.05) is 61.7 Å². The van der Waals surface area contributed by atoms with Gasteiger partial charge in [0.05, 0.1) is 6.61 Å². The molecule has 0 unspecified atom stereocenters. The first-order valence-corrected chi connectivity index (χ1v) is 8.40. The quantitative estimate of drug-likeness (QED) is 0.811. The summed E-state index contributed by atoms with van der Waals surface area (Å²) >= 11 is 0. The summed E-state index contributed by atoms with van der Waals surface area (Å²) in [6, 6.07) is 18.0. The number of carbonyl (C=O) groups is 1. The molecule has 3 heteroatoms. The molecular formula is C20H23NO2. The fourth-order valence-electron chi connectivity index (χ4n) is 3.08. The van der Waals surface area contributed by atoms with Gasteiger partial charge in [-0.25, -0.2) is 4.79 Å². The van der Waals surface area contributed by atoms with Gasteiger partial charge in [0.15, 0.2) is 0 Å². The van der Waals surface area contributed by atoms with E-state index in [4.69, 9.17) is 4.74 Å². The molecule has 0 aliphatic heterocycles. The first kappa shape index (κ1) is 15.6. The van der Waals surface area contributed by atoms with Crippen LogP contribution < -0.4 is 5.32 Å². The lowest BCUT2D eigenvalue weighted by Crippen LogP contribution is -2.20. The van der Waals surface area contributed by atoms with Gasteiger partial charge in [-0.15, -0.1) is 0 Å². The summed E-state index contributed by atoms with van der Waals surface area (Å²) in [5.41, 5.74) is 3.06. The molecule has 0 radical (unpaired) electrons. The van der Waals surface area contributed by atoms with Crippen molar-refractivity contribution in [1.82, 2.24) is 0 Å². The van der Waals surface area contributed by atoms with E-state index in [0.717, 1.165) is 11.3 Å². The molecule has 120 valence electrons. The number of hydrogen-bond acceptors (Lipinski definition) is 2. The van der Waals surface area contributed by atoms with E-state index in [0.29, 0.717) is 12.5 Å². The van der Waals surface area contributed by atoms with Crippen LogP contribution in [0.25, 0.3) is 11.1 Å². The second-order valence-electron chi connectivity index (χ2n) is 6.17. The van der Waals surface area contributed by atoms with Crippen molar-refractivity contribution < 1.29 is 9.53 Å². The van der Waals surface area contributed by atoms with Gasteiger partial charge in [-0.05, 0) is 42.0 Å². The third-order valence-corrected chi connectivity index (χ3v) is 4.41. The number of rotatable bonds is 4. The Morgan fingerprint density at radius 1 is 0.913 bits per heavy atom.